The molecule has 0 radical (unpaired) electrons. The molecule has 1 fully saturated rings. The van der Waals surface area contributed by atoms with Crippen LogP contribution < -0.4 is 4.90 Å². The number of nitrogens with zero attached hydrogens (tertiary/aromatic N) is 3. The van der Waals surface area contributed by atoms with Crippen molar-refractivity contribution in [2.45, 2.75) is 52.4 Å². The first kappa shape index (κ1) is 24.7. The van der Waals surface area contributed by atoms with Gasteiger partial charge < -0.3 is 9.64 Å². The second-order valence-electron chi connectivity index (χ2n) is 10.7. The third-order valence-electron chi connectivity index (χ3n) is 8.40. The summed E-state index contributed by atoms with van der Waals surface area (Å²) in [7, 11) is 0. The fourth-order valence-corrected chi connectivity index (χ4v) is 6.26. The number of hydrogen-bond donors (Lipinski definition) is 0. The van der Waals surface area contributed by atoms with Crippen LogP contribution in [0.2, 0.25) is 0 Å². The summed E-state index contributed by atoms with van der Waals surface area (Å²) in [6.07, 6.45) is 2.74. The Bertz CT molecular complexity index is 1260. The van der Waals surface area contributed by atoms with Crippen molar-refractivity contribution in [3.63, 3.8) is 0 Å². The first-order valence-corrected chi connectivity index (χ1v) is 13.4. The van der Waals surface area contributed by atoms with Gasteiger partial charge in [0.1, 0.15) is 0 Å². The predicted molar refractivity (Wildman–Crippen MR) is 145 cm³/mol. The number of anilines is 1. The average Bonchev–Trinajstić information content (AvgIpc) is 3.30. The van der Waals surface area contributed by atoms with Crippen molar-refractivity contribution in [3.05, 3.63) is 69.3 Å². The number of carbonyl (C=O) groups is 1. The molecule has 5 rings (SSSR count). The van der Waals surface area contributed by atoms with Crippen LogP contribution in [0.4, 0.5) is 5.69 Å². The summed E-state index contributed by atoms with van der Waals surface area (Å²) in [6.45, 7) is 15.7. The van der Waals surface area contributed by atoms with Crippen LogP contribution in [0.15, 0.2) is 35.9 Å². The molecule has 0 saturated carbocycles. The van der Waals surface area contributed by atoms with Gasteiger partial charge in [0.25, 0.3) is 0 Å². The fraction of sp³-hybridized carbons (Fsp3) is 0.484. The van der Waals surface area contributed by atoms with E-state index in [9.17, 15) is 10.1 Å². The summed E-state index contributed by atoms with van der Waals surface area (Å²) >= 11 is 0. The van der Waals surface area contributed by atoms with Crippen molar-refractivity contribution in [1.29, 1.82) is 5.26 Å². The summed E-state index contributed by atoms with van der Waals surface area (Å²) < 4.78 is 5.49. The third-order valence-corrected chi connectivity index (χ3v) is 8.40. The minimum absolute atomic E-state index is 0.138. The van der Waals surface area contributed by atoms with Crippen LogP contribution in [0.5, 0.6) is 0 Å². The molecule has 5 heteroatoms. The van der Waals surface area contributed by atoms with E-state index in [0.29, 0.717) is 5.56 Å². The molecule has 1 saturated heterocycles. The van der Waals surface area contributed by atoms with E-state index in [-0.39, 0.29) is 11.2 Å². The standard InChI is InChI=1S/C31H37N3O2/c1-5-22-17-25-26(19-28(22)34(6-2)11-7-10-33-12-14-36-15-13-33)31(3,4)27-18-23-16-21(20-32)8-9-24(23)29(27)30(25)35/h8-9,16-17,19H,5-7,10-15,18H2,1-4H3. The lowest BCUT2D eigenvalue weighted by molar-refractivity contribution is 0.0376. The van der Waals surface area contributed by atoms with E-state index in [1.54, 1.807) is 0 Å². The molecule has 188 valence electrons. The van der Waals surface area contributed by atoms with Gasteiger partial charge in [-0.3, -0.25) is 9.69 Å². The summed E-state index contributed by atoms with van der Waals surface area (Å²) in [4.78, 5) is 18.9. The second-order valence-corrected chi connectivity index (χ2v) is 10.7. The van der Waals surface area contributed by atoms with E-state index >= 15 is 0 Å². The van der Waals surface area contributed by atoms with Gasteiger partial charge in [-0.1, -0.05) is 26.8 Å². The minimum atomic E-state index is -0.251. The van der Waals surface area contributed by atoms with Crippen LogP contribution in [-0.4, -0.2) is 56.6 Å². The quantitative estimate of drug-likeness (QED) is 0.545. The number of rotatable bonds is 7. The number of carbonyl (C=O) groups excluding carboxylic acids is 1. The van der Waals surface area contributed by atoms with Crippen LogP contribution in [0, 0.1) is 11.3 Å². The van der Waals surface area contributed by atoms with Gasteiger partial charge >= 0.3 is 0 Å². The SMILES string of the molecule is CCc1cc2c(cc1N(CC)CCCN1CCOCC1)C(C)(C)C1=C(C2=O)c2ccc(C#N)cc2C1. The summed E-state index contributed by atoms with van der Waals surface area (Å²) in [6, 6.07) is 12.5. The molecule has 36 heavy (non-hydrogen) atoms. The predicted octanol–water partition coefficient (Wildman–Crippen LogP) is 5.15. The number of allylic oxidation sites excluding steroid dienone is 2. The van der Waals surface area contributed by atoms with Crippen molar-refractivity contribution < 1.29 is 9.53 Å². The molecule has 0 aromatic heterocycles. The maximum absolute atomic E-state index is 13.9. The molecule has 1 heterocycles. The number of fused-ring (bicyclic) bond motifs is 3. The first-order valence-electron chi connectivity index (χ1n) is 13.4. The van der Waals surface area contributed by atoms with Gasteiger partial charge in [0.15, 0.2) is 5.78 Å². The van der Waals surface area contributed by atoms with Crippen molar-refractivity contribution in [1.82, 2.24) is 4.90 Å². The van der Waals surface area contributed by atoms with Gasteiger partial charge in [-0.25, -0.2) is 0 Å². The molecule has 0 N–H and O–H groups in total. The van der Waals surface area contributed by atoms with Gasteiger partial charge in [0.05, 0.1) is 24.8 Å². The second kappa shape index (κ2) is 9.84. The van der Waals surface area contributed by atoms with Crippen LogP contribution in [0.3, 0.4) is 0 Å². The lowest BCUT2D eigenvalue weighted by Gasteiger charge is -2.37. The zero-order chi connectivity index (χ0) is 25.4. The van der Waals surface area contributed by atoms with Gasteiger partial charge in [0.2, 0.25) is 0 Å². The van der Waals surface area contributed by atoms with E-state index in [4.69, 9.17) is 4.74 Å². The Morgan fingerprint density at radius 3 is 2.58 bits per heavy atom. The molecule has 0 unspecified atom stereocenters. The average molecular weight is 484 g/mol. The molecule has 3 aliphatic rings. The Balaban J connectivity index is 1.47. The van der Waals surface area contributed by atoms with Gasteiger partial charge in [-0.05, 0) is 78.3 Å². The monoisotopic (exact) mass is 483 g/mol. The molecular formula is C31H37N3O2. The molecular weight excluding hydrogens is 446 g/mol. The minimum Gasteiger partial charge on any atom is -0.379 e. The van der Waals surface area contributed by atoms with E-state index in [1.807, 2.05) is 18.2 Å². The topological polar surface area (TPSA) is 56.6 Å². The Labute approximate surface area is 215 Å². The Morgan fingerprint density at radius 1 is 1.11 bits per heavy atom. The summed E-state index contributed by atoms with van der Waals surface area (Å²) in [5.41, 5.74) is 9.06. The Hall–Kier alpha value is -2.94. The lowest BCUT2D eigenvalue weighted by Crippen LogP contribution is -2.38. The zero-order valence-electron chi connectivity index (χ0n) is 22.1. The van der Waals surface area contributed by atoms with Crippen LogP contribution in [0.1, 0.15) is 72.3 Å². The maximum Gasteiger partial charge on any atom is 0.193 e. The molecule has 0 bridgehead atoms. The number of ether oxygens (including phenoxy) is 1. The molecule has 5 nitrogen and oxygen atoms in total. The number of nitriles is 1. The normalized spacial score (nSPS) is 18.5. The Kier molecular flexibility index (Phi) is 6.76. The van der Waals surface area contributed by atoms with Crippen molar-refractivity contribution in [2.75, 3.05) is 50.8 Å². The highest BCUT2D eigenvalue weighted by atomic mass is 16.5. The molecule has 2 aromatic carbocycles. The van der Waals surface area contributed by atoms with Gasteiger partial charge in [-0.15, -0.1) is 0 Å². The molecule has 0 amide bonds. The van der Waals surface area contributed by atoms with Crippen LogP contribution in [0.25, 0.3) is 5.57 Å². The zero-order valence-corrected chi connectivity index (χ0v) is 22.1. The van der Waals surface area contributed by atoms with Gasteiger partial charge in [-0.2, -0.15) is 5.26 Å². The van der Waals surface area contributed by atoms with E-state index in [0.717, 1.165) is 93.0 Å². The highest BCUT2D eigenvalue weighted by molar-refractivity contribution is 6.33. The number of aryl methyl sites for hydroxylation is 1. The largest absolute Gasteiger partial charge is 0.379 e. The number of benzene rings is 2. The highest BCUT2D eigenvalue weighted by Crippen LogP contribution is 2.51. The van der Waals surface area contributed by atoms with Crippen molar-refractivity contribution >= 4 is 17.0 Å². The van der Waals surface area contributed by atoms with Gasteiger partial charge in [0, 0.05) is 55.0 Å². The first-order chi connectivity index (χ1) is 17.4. The number of hydrogen-bond acceptors (Lipinski definition) is 5. The molecule has 0 atom stereocenters. The van der Waals surface area contributed by atoms with E-state index in [1.165, 1.54) is 16.8 Å². The van der Waals surface area contributed by atoms with E-state index < -0.39 is 0 Å². The molecule has 2 aliphatic carbocycles. The lowest BCUT2D eigenvalue weighted by atomic mass is 9.68. The van der Waals surface area contributed by atoms with Crippen LogP contribution in [-0.2, 0) is 23.0 Å². The van der Waals surface area contributed by atoms with Crippen LogP contribution >= 0.6 is 0 Å². The summed E-state index contributed by atoms with van der Waals surface area (Å²) in [5.74, 6) is 0.138. The number of ketones is 1. The number of morpholine rings is 1. The van der Waals surface area contributed by atoms with Crippen molar-refractivity contribution in [3.8, 4) is 6.07 Å². The van der Waals surface area contributed by atoms with E-state index in [2.05, 4.69) is 55.7 Å². The Morgan fingerprint density at radius 2 is 1.89 bits per heavy atom. The molecule has 0 spiro atoms. The van der Waals surface area contributed by atoms with Crippen molar-refractivity contribution in [2.24, 2.45) is 0 Å². The fourth-order valence-electron chi connectivity index (χ4n) is 6.26. The maximum atomic E-state index is 13.9. The highest BCUT2D eigenvalue weighted by Gasteiger charge is 2.43. The third kappa shape index (κ3) is 4.17. The molecule has 2 aromatic rings. The molecule has 1 aliphatic heterocycles. The smallest absolute Gasteiger partial charge is 0.193 e. The number of Topliss-reactive ketones (excluding diaryl/α,β-unsaturated/α-hetero) is 1. The summed E-state index contributed by atoms with van der Waals surface area (Å²) in [5, 5.41) is 9.38.